The fourth-order valence-corrected chi connectivity index (χ4v) is 6.08. The van der Waals surface area contributed by atoms with Crippen LogP contribution in [0.4, 0.5) is 0 Å². The van der Waals surface area contributed by atoms with E-state index in [1.54, 1.807) is 0 Å². The molecule has 0 aliphatic heterocycles. The molecule has 6 heteroatoms. The molecule has 0 bridgehead atoms. The highest BCUT2D eigenvalue weighted by Crippen LogP contribution is 2.12. The summed E-state index contributed by atoms with van der Waals surface area (Å²) in [5.41, 5.74) is 0. The molecule has 0 aliphatic carbocycles. The lowest BCUT2D eigenvalue weighted by atomic mass is 10.1. The van der Waals surface area contributed by atoms with Crippen molar-refractivity contribution in [3.8, 4) is 0 Å². The van der Waals surface area contributed by atoms with Crippen LogP contribution in [0.2, 0.25) is 0 Å². The van der Waals surface area contributed by atoms with Gasteiger partial charge in [-0.05, 0) is 109 Å². The van der Waals surface area contributed by atoms with Crippen molar-refractivity contribution in [3.05, 3.63) is 109 Å². The molecule has 1 unspecified atom stereocenters. The Labute approximate surface area is 374 Å². The van der Waals surface area contributed by atoms with Gasteiger partial charge < -0.3 is 14.2 Å². The summed E-state index contributed by atoms with van der Waals surface area (Å²) in [6.07, 6.45) is 65.2. The van der Waals surface area contributed by atoms with Gasteiger partial charge in [0.2, 0.25) is 0 Å². The predicted octanol–water partition coefficient (Wildman–Crippen LogP) is 16.0. The van der Waals surface area contributed by atoms with Crippen LogP contribution in [0.15, 0.2) is 109 Å². The van der Waals surface area contributed by atoms with E-state index < -0.39 is 6.10 Å². The van der Waals surface area contributed by atoms with Crippen molar-refractivity contribution in [1.82, 2.24) is 0 Å². The van der Waals surface area contributed by atoms with Crippen molar-refractivity contribution in [2.24, 2.45) is 0 Å². The van der Waals surface area contributed by atoms with Crippen molar-refractivity contribution < 1.29 is 28.6 Å². The van der Waals surface area contributed by atoms with Crippen LogP contribution < -0.4 is 0 Å². The van der Waals surface area contributed by atoms with Crippen LogP contribution in [0.3, 0.4) is 0 Å². The number of rotatable bonds is 42. The standard InChI is InChI=1S/C55H88O6/c1-4-7-10-13-16-19-22-23-24-25-26-27-28-29-30-31-32-33-34-37-39-42-45-48-54(57)60-51-52(61-55(58)49-46-43-40-36-21-18-15-12-9-6-3)50-59-53(56)47-44-41-38-35-20-17-14-11-8-5-2/h7,10-12,14-16,19,23-24,26-27,29-30,32-33,37,39,52H,4-6,8-9,13,17-18,20-22,25,28,31,34-36,38,40-51H2,1-3H3/b10-7-,14-11-,15-12-,19-16-,24-23-,27-26-,30-29-,33-32-,39-37-. The van der Waals surface area contributed by atoms with Crippen LogP contribution in [0.5, 0.6) is 0 Å². The molecule has 0 rings (SSSR count). The first-order valence-corrected chi connectivity index (χ1v) is 24.4. The van der Waals surface area contributed by atoms with E-state index in [-0.39, 0.29) is 37.5 Å². The third-order valence-corrected chi connectivity index (χ3v) is 9.69. The highest BCUT2D eigenvalue weighted by atomic mass is 16.6. The van der Waals surface area contributed by atoms with E-state index in [2.05, 4.69) is 130 Å². The molecule has 0 amide bonds. The van der Waals surface area contributed by atoms with Gasteiger partial charge >= 0.3 is 17.9 Å². The molecule has 0 aliphatic rings. The second-order valence-corrected chi connectivity index (χ2v) is 15.6. The molecule has 0 heterocycles. The van der Waals surface area contributed by atoms with E-state index in [4.69, 9.17) is 14.2 Å². The zero-order chi connectivity index (χ0) is 44.4. The summed E-state index contributed by atoms with van der Waals surface area (Å²) >= 11 is 0. The Balaban J connectivity index is 4.41. The first-order valence-electron chi connectivity index (χ1n) is 24.4. The zero-order valence-electron chi connectivity index (χ0n) is 39.1. The van der Waals surface area contributed by atoms with Crippen molar-refractivity contribution >= 4 is 17.9 Å². The Hall–Kier alpha value is -3.93. The maximum absolute atomic E-state index is 12.7. The zero-order valence-corrected chi connectivity index (χ0v) is 39.1. The Kier molecular flexibility index (Phi) is 45.6. The minimum atomic E-state index is -0.808. The fraction of sp³-hybridized carbons (Fsp3) is 0.618. The largest absolute Gasteiger partial charge is 0.462 e. The van der Waals surface area contributed by atoms with Crippen LogP contribution in [-0.4, -0.2) is 37.2 Å². The Morgan fingerprint density at radius 2 is 0.656 bits per heavy atom. The summed E-state index contributed by atoms with van der Waals surface area (Å²) in [5, 5.41) is 0. The first kappa shape index (κ1) is 57.1. The third kappa shape index (κ3) is 47.0. The second kappa shape index (κ2) is 48.7. The lowest BCUT2D eigenvalue weighted by molar-refractivity contribution is -0.167. The van der Waals surface area contributed by atoms with E-state index >= 15 is 0 Å². The molecule has 0 N–H and O–H groups in total. The summed E-state index contributed by atoms with van der Waals surface area (Å²) in [6, 6.07) is 0. The van der Waals surface area contributed by atoms with Gasteiger partial charge in [0.05, 0.1) is 0 Å². The van der Waals surface area contributed by atoms with E-state index in [1.165, 1.54) is 25.7 Å². The number of carbonyl (C=O) groups excluding carboxylic acids is 3. The van der Waals surface area contributed by atoms with Crippen LogP contribution >= 0.6 is 0 Å². The lowest BCUT2D eigenvalue weighted by Crippen LogP contribution is -2.30. The maximum atomic E-state index is 12.7. The molecule has 61 heavy (non-hydrogen) atoms. The molecule has 0 aromatic carbocycles. The molecular formula is C55H88O6. The highest BCUT2D eigenvalue weighted by molar-refractivity contribution is 5.71. The smallest absolute Gasteiger partial charge is 0.306 e. The van der Waals surface area contributed by atoms with Crippen molar-refractivity contribution in [2.45, 2.75) is 207 Å². The third-order valence-electron chi connectivity index (χ3n) is 9.69. The van der Waals surface area contributed by atoms with Crippen molar-refractivity contribution in [1.29, 1.82) is 0 Å². The Morgan fingerprint density at radius 3 is 1.08 bits per heavy atom. The van der Waals surface area contributed by atoms with Gasteiger partial charge in [-0.3, -0.25) is 14.4 Å². The van der Waals surface area contributed by atoms with E-state index in [9.17, 15) is 14.4 Å². The maximum Gasteiger partial charge on any atom is 0.306 e. The van der Waals surface area contributed by atoms with Gasteiger partial charge in [-0.2, -0.15) is 0 Å². The normalized spacial score (nSPS) is 13.0. The molecule has 0 saturated heterocycles. The van der Waals surface area contributed by atoms with Gasteiger partial charge in [-0.15, -0.1) is 0 Å². The van der Waals surface area contributed by atoms with Crippen LogP contribution in [0.25, 0.3) is 0 Å². The van der Waals surface area contributed by atoms with Gasteiger partial charge in [0, 0.05) is 19.3 Å². The average Bonchev–Trinajstić information content (AvgIpc) is 3.26. The van der Waals surface area contributed by atoms with E-state index in [0.29, 0.717) is 19.3 Å². The fourth-order valence-electron chi connectivity index (χ4n) is 6.08. The van der Waals surface area contributed by atoms with Gasteiger partial charge in [-0.25, -0.2) is 0 Å². The summed E-state index contributed by atoms with van der Waals surface area (Å²) in [7, 11) is 0. The summed E-state index contributed by atoms with van der Waals surface area (Å²) in [5.74, 6) is -1.00. The molecule has 6 nitrogen and oxygen atoms in total. The number of esters is 3. The monoisotopic (exact) mass is 845 g/mol. The molecule has 1 atom stereocenters. The topological polar surface area (TPSA) is 78.9 Å². The number of ether oxygens (including phenoxy) is 3. The molecule has 0 saturated carbocycles. The molecule has 0 spiro atoms. The SMILES string of the molecule is CC/C=C\C/C=C\C/C=C\C/C=C\C/C=C\C/C=C\C/C=C\CCCC(=O)OCC(COC(=O)CCCCCCC/C=C\CCC)OC(=O)CCCCCCC/C=C\CCC. The van der Waals surface area contributed by atoms with Gasteiger partial charge in [0.15, 0.2) is 6.10 Å². The van der Waals surface area contributed by atoms with Gasteiger partial charge in [-0.1, -0.05) is 182 Å². The van der Waals surface area contributed by atoms with Crippen LogP contribution in [0.1, 0.15) is 201 Å². The molecule has 0 fully saturated rings. The quantitative estimate of drug-likeness (QED) is 0.0264. The number of hydrogen-bond acceptors (Lipinski definition) is 6. The molecule has 0 radical (unpaired) electrons. The number of unbranched alkanes of at least 4 members (excludes halogenated alkanes) is 13. The summed E-state index contributed by atoms with van der Waals surface area (Å²) in [4.78, 5) is 37.7. The van der Waals surface area contributed by atoms with Crippen molar-refractivity contribution in [3.63, 3.8) is 0 Å². The summed E-state index contributed by atoms with van der Waals surface area (Å²) < 4.78 is 16.6. The van der Waals surface area contributed by atoms with Crippen LogP contribution in [-0.2, 0) is 28.6 Å². The molecule has 344 valence electrons. The highest BCUT2D eigenvalue weighted by Gasteiger charge is 2.19. The second-order valence-electron chi connectivity index (χ2n) is 15.6. The average molecular weight is 845 g/mol. The van der Waals surface area contributed by atoms with Gasteiger partial charge in [0.25, 0.3) is 0 Å². The Bertz CT molecular complexity index is 1290. The van der Waals surface area contributed by atoms with Crippen LogP contribution in [0, 0.1) is 0 Å². The summed E-state index contributed by atoms with van der Waals surface area (Å²) in [6.45, 7) is 6.31. The van der Waals surface area contributed by atoms with Gasteiger partial charge in [0.1, 0.15) is 13.2 Å². The number of hydrogen-bond donors (Lipinski definition) is 0. The molecule has 0 aromatic heterocycles. The Morgan fingerprint density at radius 1 is 0.344 bits per heavy atom. The lowest BCUT2D eigenvalue weighted by Gasteiger charge is -2.18. The van der Waals surface area contributed by atoms with Crippen molar-refractivity contribution in [2.75, 3.05) is 13.2 Å². The van der Waals surface area contributed by atoms with E-state index in [1.807, 2.05) is 0 Å². The number of carbonyl (C=O) groups is 3. The first-order chi connectivity index (χ1) is 30.0. The minimum Gasteiger partial charge on any atom is -0.462 e. The minimum absolute atomic E-state index is 0.106. The number of allylic oxidation sites excluding steroid dienone is 18. The predicted molar refractivity (Wildman–Crippen MR) is 260 cm³/mol. The van der Waals surface area contributed by atoms with E-state index in [0.717, 1.165) is 128 Å². The molecule has 0 aromatic rings. The molecular weight excluding hydrogens is 757 g/mol.